The van der Waals surface area contributed by atoms with E-state index in [0.717, 1.165) is 13.1 Å². The first-order valence-corrected chi connectivity index (χ1v) is 5.90. The number of aromatic nitrogens is 1. The minimum Gasteiger partial charge on any atom is -0.381 e. The smallest absolute Gasteiger partial charge is 0.257 e. The Morgan fingerprint density at radius 2 is 2.28 bits per heavy atom. The van der Waals surface area contributed by atoms with Gasteiger partial charge in [0.25, 0.3) is 5.91 Å². The van der Waals surface area contributed by atoms with Crippen LogP contribution in [0.15, 0.2) is 12.3 Å². The Bertz CT molecular complexity index is 465. The zero-order valence-electron chi connectivity index (χ0n) is 10.6. The molecule has 2 rings (SSSR count). The summed E-state index contributed by atoms with van der Waals surface area (Å²) in [5.74, 6) is -1.28. The molecule has 0 radical (unpaired) electrons. The molecule has 0 saturated carbocycles. The van der Waals surface area contributed by atoms with Gasteiger partial charge in [0.15, 0.2) is 11.6 Å². The largest absolute Gasteiger partial charge is 0.381 e. The number of hydrogen-bond acceptors (Lipinski definition) is 4. The third-order valence-corrected chi connectivity index (χ3v) is 3.24. The van der Waals surface area contributed by atoms with Crippen LogP contribution in [0.1, 0.15) is 17.3 Å². The Labute approximate surface area is 105 Å². The van der Waals surface area contributed by atoms with Crippen molar-refractivity contribution in [3.63, 3.8) is 0 Å². The van der Waals surface area contributed by atoms with Crippen LogP contribution in [-0.4, -0.2) is 53.4 Å². The van der Waals surface area contributed by atoms with E-state index in [1.54, 1.807) is 4.90 Å². The molecular formula is C12H17FN4O. The highest BCUT2D eigenvalue weighted by Crippen LogP contribution is 2.17. The molecule has 1 unspecified atom stereocenters. The van der Waals surface area contributed by atoms with Crippen molar-refractivity contribution in [3.8, 4) is 0 Å². The highest BCUT2D eigenvalue weighted by molar-refractivity contribution is 5.95. The van der Waals surface area contributed by atoms with Crippen LogP contribution in [0.3, 0.4) is 0 Å². The summed E-state index contributed by atoms with van der Waals surface area (Å²) in [6.07, 6.45) is 1.35. The summed E-state index contributed by atoms with van der Waals surface area (Å²) < 4.78 is 13.8. The van der Waals surface area contributed by atoms with E-state index >= 15 is 0 Å². The van der Waals surface area contributed by atoms with Gasteiger partial charge in [0.05, 0.1) is 5.56 Å². The number of hydrogen-bond donors (Lipinski definition) is 1. The van der Waals surface area contributed by atoms with E-state index in [9.17, 15) is 9.18 Å². The summed E-state index contributed by atoms with van der Waals surface area (Å²) >= 11 is 0. The molecular weight excluding hydrogens is 235 g/mol. The van der Waals surface area contributed by atoms with E-state index in [2.05, 4.69) is 9.88 Å². The molecule has 1 aromatic heterocycles. The number of carbonyl (C=O) groups is 1. The fourth-order valence-corrected chi connectivity index (χ4v) is 2.22. The number of pyridine rings is 1. The lowest BCUT2D eigenvalue weighted by atomic mass is 10.1. The molecule has 0 aromatic carbocycles. The first-order valence-electron chi connectivity index (χ1n) is 5.90. The lowest BCUT2D eigenvalue weighted by Gasteiger charge is -2.38. The zero-order valence-corrected chi connectivity index (χ0v) is 10.6. The first kappa shape index (κ1) is 12.8. The van der Waals surface area contributed by atoms with Crippen LogP contribution in [0.4, 0.5) is 10.2 Å². The molecule has 6 heteroatoms. The SMILES string of the molecule is CC1CN(C)CCN1C(=O)c1ccnc(N)c1F. The van der Waals surface area contributed by atoms with Gasteiger partial charge in [0.2, 0.25) is 0 Å². The fourth-order valence-electron chi connectivity index (χ4n) is 2.22. The van der Waals surface area contributed by atoms with Crippen molar-refractivity contribution >= 4 is 11.7 Å². The minimum absolute atomic E-state index is 0.00102. The highest BCUT2D eigenvalue weighted by Gasteiger charge is 2.28. The number of rotatable bonds is 1. The maximum atomic E-state index is 13.8. The van der Waals surface area contributed by atoms with Gasteiger partial charge < -0.3 is 15.5 Å². The number of carbonyl (C=O) groups excluding carboxylic acids is 1. The van der Waals surface area contributed by atoms with Gasteiger partial charge in [-0.25, -0.2) is 9.37 Å². The first-order chi connectivity index (χ1) is 8.50. The van der Waals surface area contributed by atoms with Crippen LogP contribution in [0, 0.1) is 5.82 Å². The molecule has 0 aliphatic carbocycles. The summed E-state index contributed by atoms with van der Waals surface area (Å²) in [4.78, 5) is 19.7. The lowest BCUT2D eigenvalue weighted by Crippen LogP contribution is -2.52. The quantitative estimate of drug-likeness (QED) is 0.794. The average Bonchev–Trinajstić information content (AvgIpc) is 2.32. The summed E-state index contributed by atoms with van der Waals surface area (Å²) in [7, 11) is 2.00. The Morgan fingerprint density at radius 3 is 2.94 bits per heavy atom. The lowest BCUT2D eigenvalue weighted by molar-refractivity contribution is 0.0529. The number of halogens is 1. The molecule has 1 aromatic rings. The predicted octanol–water partition coefficient (Wildman–Crippen LogP) is 0.579. The maximum Gasteiger partial charge on any atom is 0.257 e. The van der Waals surface area contributed by atoms with Crippen molar-refractivity contribution in [2.75, 3.05) is 32.4 Å². The molecule has 1 amide bonds. The minimum atomic E-state index is -0.728. The summed E-state index contributed by atoms with van der Waals surface area (Å²) in [5, 5.41) is 0. The van der Waals surface area contributed by atoms with Gasteiger partial charge >= 0.3 is 0 Å². The van der Waals surface area contributed by atoms with Crippen molar-refractivity contribution < 1.29 is 9.18 Å². The Hall–Kier alpha value is -1.69. The van der Waals surface area contributed by atoms with E-state index in [-0.39, 0.29) is 23.3 Å². The number of nitrogens with zero attached hydrogens (tertiary/aromatic N) is 3. The summed E-state index contributed by atoms with van der Waals surface area (Å²) in [6.45, 7) is 4.13. The van der Waals surface area contributed by atoms with E-state index in [4.69, 9.17) is 5.73 Å². The van der Waals surface area contributed by atoms with E-state index < -0.39 is 5.82 Å². The van der Waals surface area contributed by atoms with Crippen LogP contribution in [0.2, 0.25) is 0 Å². The van der Waals surface area contributed by atoms with Crippen molar-refractivity contribution in [2.45, 2.75) is 13.0 Å². The van der Waals surface area contributed by atoms with Crippen LogP contribution < -0.4 is 5.73 Å². The maximum absolute atomic E-state index is 13.8. The number of nitrogens with two attached hydrogens (primary N) is 1. The Morgan fingerprint density at radius 1 is 1.56 bits per heavy atom. The second-order valence-electron chi connectivity index (χ2n) is 4.67. The molecule has 1 saturated heterocycles. The van der Waals surface area contributed by atoms with Gasteiger partial charge in [-0.15, -0.1) is 0 Å². The Balaban J connectivity index is 2.23. The number of likely N-dealkylation sites (N-methyl/N-ethyl adjacent to an activating group) is 1. The van der Waals surface area contributed by atoms with Crippen LogP contribution in [0.25, 0.3) is 0 Å². The molecule has 0 spiro atoms. The van der Waals surface area contributed by atoms with Crippen molar-refractivity contribution in [3.05, 3.63) is 23.6 Å². The standard InChI is InChI=1S/C12H17FN4O/c1-8-7-16(2)5-6-17(8)12(18)9-3-4-15-11(14)10(9)13/h3-4,8H,5-7H2,1-2H3,(H2,14,15). The molecule has 1 fully saturated rings. The zero-order chi connectivity index (χ0) is 13.3. The number of piperazine rings is 1. The second-order valence-corrected chi connectivity index (χ2v) is 4.67. The topological polar surface area (TPSA) is 62.5 Å². The van der Waals surface area contributed by atoms with Gasteiger partial charge in [-0.2, -0.15) is 0 Å². The van der Waals surface area contributed by atoms with Crippen LogP contribution >= 0.6 is 0 Å². The van der Waals surface area contributed by atoms with Gasteiger partial charge in [-0.1, -0.05) is 0 Å². The molecule has 5 nitrogen and oxygen atoms in total. The van der Waals surface area contributed by atoms with Gasteiger partial charge in [0, 0.05) is 31.9 Å². The number of anilines is 1. The van der Waals surface area contributed by atoms with Gasteiger partial charge in [-0.3, -0.25) is 4.79 Å². The molecule has 2 N–H and O–H groups in total. The van der Waals surface area contributed by atoms with Crippen LogP contribution in [-0.2, 0) is 0 Å². The number of nitrogen functional groups attached to an aromatic ring is 1. The van der Waals surface area contributed by atoms with E-state index in [1.807, 2.05) is 14.0 Å². The van der Waals surface area contributed by atoms with Gasteiger partial charge in [0.1, 0.15) is 0 Å². The van der Waals surface area contributed by atoms with Crippen molar-refractivity contribution in [2.24, 2.45) is 0 Å². The summed E-state index contributed by atoms with van der Waals surface area (Å²) in [5.41, 5.74) is 5.38. The molecule has 1 atom stereocenters. The number of amides is 1. The van der Waals surface area contributed by atoms with Gasteiger partial charge in [-0.05, 0) is 20.0 Å². The highest BCUT2D eigenvalue weighted by atomic mass is 19.1. The normalized spacial score (nSPS) is 21.1. The molecule has 1 aliphatic heterocycles. The summed E-state index contributed by atoms with van der Waals surface area (Å²) in [6, 6.07) is 1.43. The fraction of sp³-hybridized carbons (Fsp3) is 0.500. The second kappa shape index (κ2) is 4.89. The third-order valence-electron chi connectivity index (χ3n) is 3.24. The third kappa shape index (κ3) is 2.28. The van der Waals surface area contributed by atoms with Crippen molar-refractivity contribution in [1.29, 1.82) is 0 Å². The Kier molecular flexibility index (Phi) is 3.47. The van der Waals surface area contributed by atoms with E-state index in [0.29, 0.717) is 6.54 Å². The average molecular weight is 252 g/mol. The van der Waals surface area contributed by atoms with Crippen molar-refractivity contribution in [1.82, 2.24) is 14.8 Å². The molecule has 2 heterocycles. The molecule has 1 aliphatic rings. The molecule has 98 valence electrons. The van der Waals surface area contributed by atoms with Crippen LogP contribution in [0.5, 0.6) is 0 Å². The monoisotopic (exact) mass is 252 g/mol. The predicted molar refractivity (Wildman–Crippen MR) is 66.6 cm³/mol. The molecule has 0 bridgehead atoms. The van der Waals surface area contributed by atoms with E-state index in [1.165, 1.54) is 12.3 Å². The molecule has 18 heavy (non-hydrogen) atoms.